The number of carbonyl (C=O) groups is 1. The summed E-state index contributed by atoms with van der Waals surface area (Å²) >= 11 is 0. The van der Waals surface area contributed by atoms with Crippen molar-refractivity contribution in [1.29, 1.82) is 0 Å². The summed E-state index contributed by atoms with van der Waals surface area (Å²) in [5, 5.41) is 3.33. The van der Waals surface area contributed by atoms with Crippen molar-refractivity contribution in [1.82, 2.24) is 20.2 Å². The number of amides is 1. The van der Waals surface area contributed by atoms with Gasteiger partial charge >= 0.3 is 0 Å². The zero-order chi connectivity index (χ0) is 13.1. The van der Waals surface area contributed by atoms with Crippen LogP contribution in [0.15, 0.2) is 6.33 Å². The first-order valence-electron chi connectivity index (χ1n) is 7.38. The van der Waals surface area contributed by atoms with Crippen LogP contribution in [0.1, 0.15) is 43.5 Å². The van der Waals surface area contributed by atoms with Gasteiger partial charge in [-0.3, -0.25) is 10.1 Å². The number of aromatic amines is 1. The third kappa shape index (κ3) is 2.81. The third-order valence-electron chi connectivity index (χ3n) is 4.20. The van der Waals surface area contributed by atoms with Crippen molar-refractivity contribution in [3.8, 4) is 0 Å². The summed E-state index contributed by atoms with van der Waals surface area (Å²) in [6.07, 6.45) is 8.55. The molecule has 3 rings (SSSR count). The Morgan fingerprint density at radius 1 is 1.21 bits per heavy atom. The first kappa shape index (κ1) is 12.7. The predicted molar refractivity (Wildman–Crippen MR) is 72.6 cm³/mol. The quantitative estimate of drug-likeness (QED) is 0.800. The molecule has 0 radical (unpaired) electrons. The van der Waals surface area contributed by atoms with Gasteiger partial charge < -0.3 is 9.88 Å². The van der Waals surface area contributed by atoms with E-state index in [1.54, 1.807) is 6.33 Å². The van der Waals surface area contributed by atoms with Crippen LogP contribution in [0, 0.1) is 0 Å². The topological polar surface area (TPSA) is 61.0 Å². The minimum Gasteiger partial charge on any atom is -0.347 e. The minimum atomic E-state index is -0.0878. The fraction of sp³-hybridized carbons (Fsp3) is 0.714. The summed E-state index contributed by atoms with van der Waals surface area (Å²) < 4.78 is 0. The monoisotopic (exact) mass is 262 g/mol. The summed E-state index contributed by atoms with van der Waals surface area (Å²) in [5.41, 5.74) is 2.17. The molecule has 2 N–H and O–H groups in total. The number of rotatable bonds is 1. The SMILES string of the molecule is O=C(C1Cc2nc[nH]c2CN1)N1CCCCCCC1. The zero-order valence-electron chi connectivity index (χ0n) is 11.3. The van der Waals surface area contributed by atoms with Gasteiger partial charge in [0.25, 0.3) is 0 Å². The molecule has 1 fully saturated rings. The normalized spacial score (nSPS) is 24.4. The second-order valence-corrected chi connectivity index (χ2v) is 5.56. The molecule has 19 heavy (non-hydrogen) atoms. The van der Waals surface area contributed by atoms with E-state index in [4.69, 9.17) is 0 Å². The lowest BCUT2D eigenvalue weighted by Gasteiger charge is -2.30. The Kier molecular flexibility index (Phi) is 3.82. The maximum atomic E-state index is 12.6. The highest BCUT2D eigenvalue weighted by Gasteiger charge is 2.29. The number of nitrogens with zero attached hydrogens (tertiary/aromatic N) is 2. The summed E-state index contributed by atoms with van der Waals surface area (Å²) in [6, 6.07) is -0.0878. The molecule has 2 aliphatic rings. The molecule has 0 saturated carbocycles. The fourth-order valence-corrected chi connectivity index (χ4v) is 3.03. The summed E-state index contributed by atoms with van der Waals surface area (Å²) in [4.78, 5) is 22.0. The molecular formula is C14H22N4O. The van der Waals surface area contributed by atoms with Crippen molar-refractivity contribution in [2.45, 2.75) is 51.1 Å². The van der Waals surface area contributed by atoms with Crippen LogP contribution in [0.2, 0.25) is 0 Å². The van der Waals surface area contributed by atoms with Crippen LogP contribution in [-0.4, -0.2) is 39.9 Å². The van der Waals surface area contributed by atoms with Crippen molar-refractivity contribution < 1.29 is 4.79 Å². The van der Waals surface area contributed by atoms with Crippen molar-refractivity contribution in [3.63, 3.8) is 0 Å². The van der Waals surface area contributed by atoms with Crippen molar-refractivity contribution >= 4 is 5.91 Å². The molecule has 1 atom stereocenters. The second kappa shape index (κ2) is 5.74. The van der Waals surface area contributed by atoms with Gasteiger partial charge in [0.15, 0.2) is 0 Å². The molecule has 2 aliphatic heterocycles. The molecule has 0 bridgehead atoms. The van der Waals surface area contributed by atoms with E-state index in [-0.39, 0.29) is 11.9 Å². The number of nitrogens with one attached hydrogen (secondary N) is 2. The van der Waals surface area contributed by atoms with Gasteiger partial charge in [0.1, 0.15) is 0 Å². The Bertz CT molecular complexity index is 434. The summed E-state index contributed by atoms with van der Waals surface area (Å²) in [7, 11) is 0. The largest absolute Gasteiger partial charge is 0.347 e. The number of imidazole rings is 1. The molecule has 1 unspecified atom stereocenters. The number of hydrogen-bond donors (Lipinski definition) is 2. The highest BCUT2D eigenvalue weighted by molar-refractivity contribution is 5.82. The first-order chi connectivity index (χ1) is 9.34. The average Bonchev–Trinajstić information content (AvgIpc) is 2.84. The molecule has 0 aliphatic carbocycles. The van der Waals surface area contributed by atoms with E-state index < -0.39 is 0 Å². The van der Waals surface area contributed by atoms with Gasteiger partial charge in [0, 0.05) is 26.1 Å². The van der Waals surface area contributed by atoms with E-state index in [0.717, 1.165) is 43.9 Å². The number of likely N-dealkylation sites (tertiary alicyclic amines) is 1. The number of hydrogen-bond acceptors (Lipinski definition) is 3. The predicted octanol–water partition coefficient (Wildman–Crippen LogP) is 1.22. The van der Waals surface area contributed by atoms with Gasteiger partial charge in [-0.15, -0.1) is 0 Å². The molecule has 1 aromatic rings. The lowest BCUT2D eigenvalue weighted by Crippen LogP contribution is -2.50. The van der Waals surface area contributed by atoms with Gasteiger partial charge in [-0.05, 0) is 12.8 Å². The molecule has 104 valence electrons. The van der Waals surface area contributed by atoms with Crippen LogP contribution in [0.4, 0.5) is 0 Å². The van der Waals surface area contributed by atoms with E-state index in [2.05, 4.69) is 20.2 Å². The van der Waals surface area contributed by atoms with E-state index in [1.807, 2.05) is 0 Å². The van der Waals surface area contributed by atoms with Crippen LogP contribution in [-0.2, 0) is 17.8 Å². The number of carbonyl (C=O) groups excluding carboxylic acids is 1. The first-order valence-corrected chi connectivity index (χ1v) is 7.38. The van der Waals surface area contributed by atoms with Crippen LogP contribution in [0.3, 0.4) is 0 Å². The lowest BCUT2D eigenvalue weighted by atomic mass is 10.0. The van der Waals surface area contributed by atoms with Crippen LogP contribution in [0.25, 0.3) is 0 Å². The maximum Gasteiger partial charge on any atom is 0.240 e. The lowest BCUT2D eigenvalue weighted by molar-refractivity contribution is -0.134. The van der Waals surface area contributed by atoms with Gasteiger partial charge in [0.05, 0.1) is 23.8 Å². The van der Waals surface area contributed by atoms with E-state index in [9.17, 15) is 4.79 Å². The molecule has 5 nitrogen and oxygen atoms in total. The molecule has 1 saturated heterocycles. The number of H-pyrrole nitrogens is 1. The van der Waals surface area contributed by atoms with Gasteiger partial charge in [-0.1, -0.05) is 19.3 Å². The zero-order valence-corrected chi connectivity index (χ0v) is 11.3. The molecule has 0 aromatic carbocycles. The van der Waals surface area contributed by atoms with Crippen LogP contribution in [0.5, 0.6) is 0 Å². The highest BCUT2D eigenvalue weighted by atomic mass is 16.2. The molecule has 1 amide bonds. The van der Waals surface area contributed by atoms with E-state index >= 15 is 0 Å². The summed E-state index contributed by atoms with van der Waals surface area (Å²) in [5.74, 6) is 0.260. The number of fused-ring (bicyclic) bond motifs is 1. The van der Waals surface area contributed by atoms with Gasteiger partial charge in [-0.25, -0.2) is 4.98 Å². The average molecular weight is 262 g/mol. The standard InChI is InChI=1S/C14H22N4O/c19-14(18-6-4-2-1-3-5-7-18)12-8-11-13(9-15-12)17-10-16-11/h10,12,15H,1-9H2,(H,16,17). The smallest absolute Gasteiger partial charge is 0.240 e. The number of aromatic nitrogens is 2. The molecule has 3 heterocycles. The Hall–Kier alpha value is -1.36. The van der Waals surface area contributed by atoms with E-state index in [0.29, 0.717) is 6.42 Å². The van der Waals surface area contributed by atoms with Crippen LogP contribution < -0.4 is 5.32 Å². The molecule has 1 aromatic heterocycles. The fourth-order valence-electron chi connectivity index (χ4n) is 3.03. The summed E-state index contributed by atoms with van der Waals surface area (Å²) in [6.45, 7) is 2.56. The van der Waals surface area contributed by atoms with Crippen LogP contribution >= 0.6 is 0 Å². The molecular weight excluding hydrogens is 240 g/mol. The Balaban J connectivity index is 1.63. The maximum absolute atomic E-state index is 12.6. The Morgan fingerprint density at radius 2 is 1.95 bits per heavy atom. The van der Waals surface area contributed by atoms with Gasteiger partial charge in [-0.2, -0.15) is 0 Å². The van der Waals surface area contributed by atoms with E-state index in [1.165, 1.54) is 19.3 Å². The second-order valence-electron chi connectivity index (χ2n) is 5.56. The molecule has 0 spiro atoms. The minimum absolute atomic E-state index is 0.0878. The van der Waals surface area contributed by atoms with Crippen molar-refractivity contribution in [2.24, 2.45) is 0 Å². The highest BCUT2D eigenvalue weighted by Crippen LogP contribution is 2.16. The van der Waals surface area contributed by atoms with Gasteiger partial charge in [0.2, 0.25) is 5.91 Å². The van der Waals surface area contributed by atoms with Crippen molar-refractivity contribution in [3.05, 3.63) is 17.7 Å². The Morgan fingerprint density at radius 3 is 2.74 bits per heavy atom. The van der Waals surface area contributed by atoms with Crippen molar-refractivity contribution in [2.75, 3.05) is 13.1 Å². The molecule has 5 heteroatoms. The third-order valence-corrected chi connectivity index (χ3v) is 4.20. The Labute approximate surface area is 113 Å².